The van der Waals surface area contributed by atoms with E-state index in [2.05, 4.69) is 4.74 Å². The molecule has 6 heteroatoms. The van der Waals surface area contributed by atoms with Crippen molar-refractivity contribution in [2.24, 2.45) is 5.73 Å². The molecule has 1 heterocycles. The first-order chi connectivity index (χ1) is 9.02. The Morgan fingerprint density at radius 2 is 2.00 bits per heavy atom. The fourth-order valence-electron chi connectivity index (χ4n) is 1.60. The van der Waals surface area contributed by atoms with Gasteiger partial charge in [-0.25, -0.2) is 4.79 Å². The molecule has 0 fully saturated rings. The molecule has 100 valence electrons. The second kappa shape index (κ2) is 5.65. The second-order valence-corrected chi connectivity index (χ2v) is 4.66. The lowest BCUT2D eigenvalue weighted by atomic mass is 10.1. The summed E-state index contributed by atoms with van der Waals surface area (Å²) in [5, 5.41) is 0.863. The fraction of sp³-hybridized carbons (Fsp3) is 0.154. The lowest BCUT2D eigenvalue weighted by Crippen LogP contribution is -2.11. The fourth-order valence-corrected chi connectivity index (χ4v) is 1.91. The van der Waals surface area contributed by atoms with Crippen LogP contribution >= 0.6 is 23.2 Å². The maximum absolute atomic E-state index is 11.3. The smallest absolute Gasteiger partial charge is 0.373 e. The minimum atomic E-state index is -0.549. The van der Waals surface area contributed by atoms with Crippen LogP contribution in [0.1, 0.15) is 27.9 Å². The normalized spacial score (nSPS) is 12.2. The number of esters is 1. The van der Waals surface area contributed by atoms with Gasteiger partial charge in [-0.2, -0.15) is 0 Å². The van der Waals surface area contributed by atoms with Gasteiger partial charge in [-0.1, -0.05) is 29.3 Å². The Hall–Kier alpha value is -1.49. The van der Waals surface area contributed by atoms with Gasteiger partial charge in [0.1, 0.15) is 5.76 Å². The van der Waals surface area contributed by atoms with Gasteiger partial charge < -0.3 is 14.9 Å². The van der Waals surface area contributed by atoms with Crippen LogP contribution in [0.25, 0.3) is 0 Å². The van der Waals surface area contributed by atoms with Crippen molar-refractivity contribution in [2.45, 2.75) is 6.04 Å². The van der Waals surface area contributed by atoms with Crippen molar-refractivity contribution >= 4 is 29.2 Å². The SMILES string of the molecule is COC(=O)c1ccc(C(N)c2ccc(Cl)c(Cl)c2)o1. The largest absolute Gasteiger partial charge is 0.463 e. The Kier molecular flexibility index (Phi) is 4.14. The lowest BCUT2D eigenvalue weighted by molar-refractivity contribution is 0.0562. The first-order valence-corrected chi connectivity index (χ1v) is 6.17. The molecule has 0 bridgehead atoms. The van der Waals surface area contributed by atoms with Crippen molar-refractivity contribution in [3.05, 3.63) is 57.5 Å². The molecule has 2 rings (SSSR count). The minimum Gasteiger partial charge on any atom is -0.463 e. The summed E-state index contributed by atoms with van der Waals surface area (Å²) in [6.45, 7) is 0. The van der Waals surface area contributed by atoms with Gasteiger partial charge >= 0.3 is 5.97 Å². The van der Waals surface area contributed by atoms with E-state index < -0.39 is 12.0 Å². The summed E-state index contributed by atoms with van der Waals surface area (Å²) >= 11 is 11.8. The summed E-state index contributed by atoms with van der Waals surface area (Å²) in [7, 11) is 1.28. The van der Waals surface area contributed by atoms with Crippen molar-refractivity contribution in [3.8, 4) is 0 Å². The maximum Gasteiger partial charge on any atom is 0.373 e. The molecular formula is C13H11Cl2NO3. The van der Waals surface area contributed by atoms with E-state index in [4.69, 9.17) is 33.4 Å². The molecule has 0 saturated carbocycles. The summed E-state index contributed by atoms with van der Waals surface area (Å²) in [6.07, 6.45) is 0. The van der Waals surface area contributed by atoms with E-state index in [-0.39, 0.29) is 5.76 Å². The number of methoxy groups -OCH3 is 1. The van der Waals surface area contributed by atoms with Crippen molar-refractivity contribution in [1.29, 1.82) is 0 Å². The van der Waals surface area contributed by atoms with Crippen LogP contribution in [0, 0.1) is 0 Å². The van der Waals surface area contributed by atoms with Crippen molar-refractivity contribution in [2.75, 3.05) is 7.11 Å². The average molecular weight is 300 g/mol. The maximum atomic E-state index is 11.3. The summed E-state index contributed by atoms with van der Waals surface area (Å²) in [4.78, 5) is 11.3. The third-order valence-electron chi connectivity index (χ3n) is 2.62. The Morgan fingerprint density at radius 3 is 2.63 bits per heavy atom. The van der Waals surface area contributed by atoms with Gasteiger partial charge in [-0.05, 0) is 29.8 Å². The van der Waals surface area contributed by atoms with Crippen LogP contribution < -0.4 is 5.73 Å². The monoisotopic (exact) mass is 299 g/mol. The Labute approximate surface area is 120 Å². The molecule has 2 aromatic rings. The number of furan rings is 1. The topological polar surface area (TPSA) is 65.5 Å². The van der Waals surface area contributed by atoms with E-state index in [0.717, 1.165) is 5.56 Å². The standard InChI is InChI=1S/C13H11Cl2NO3/c1-18-13(17)11-5-4-10(19-11)12(16)7-2-3-8(14)9(15)6-7/h2-6,12H,16H2,1H3. The van der Waals surface area contributed by atoms with Crippen LogP contribution in [0.4, 0.5) is 0 Å². The van der Waals surface area contributed by atoms with Crippen molar-refractivity contribution in [1.82, 2.24) is 0 Å². The molecule has 0 spiro atoms. The number of benzene rings is 1. The van der Waals surface area contributed by atoms with E-state index in [1.165, 1.54) is 13.2 Å². The van der Waals surface area contributed by atoms with Crippen molar-refractivity contribution < 1.29 is 13.9 Å². The number of nitrogens with two attached hydrogens (primary N) is 1. The molecule has 0 aliphatic rings. The minimum absolute atomic E-state index is 0.105. The second-order valence-electron chi connectivity index (χ2n) is 3.84. The molecule has 0 aliphatic carbocycles. The van der Waals surface area contributed by atoms with Crippen LogP contribution in [-0.2, 0) is 4.74 Å². The first kappa shape index (κ1) is 13.9. The van der Waals surface area contributed by atoms with E-state index in [9.17, 15) is 4.79 Å². The predicted molar refractivity (Wildman–Crippen MR) is 72.5 cm³/mol. The highest BCUT2D eigenvalue weighted by atomic mass is 35.5. The summed E-state index contributed by atoms with van der Waals surface area (Å²) in [6, 6.07) is 7.67. The highest BCUT2D eigenvalue weighted by Crippen LogP contribution is 2.28. The molecule has 2 N–H and O–H groups in total. The molecule has 0 saturated heterocycles. The molecule has 4 nitrogen and oxygen atoms in total. The number of hydrogen-bond acceptors (Lipinski definition) is 4. The average Bonchev–Trinajstić information content (AvgIpc) is 2.89. The Morgan fingerprint density at radius 1 is 1.26 bits per heavy atom. The zero-order valence-corrected chi connectivity index (χ0v) is 11.5. The molecule has 0 radical (unpaired) electrons. The van der Waals surface area contributed by atoms with E-state index in [0.29, 0.717) is 15.8 Å². The molecule has 19 heavy (non-hydrogen) atoms. The van der Waals surface area contributed by atoms with Gasteiger partial charge in [-0.3, -0.25) is 0 Å². The van der Waals surface area contributed by atoms with Gasteiger partial charge in [-0.15, -0.1) is 0 Å². The van der Waals surface area contributed by atoms with Crippen LogP contribution in [0.5, 0.6) is 0 Å². The molecular weight excluding hydrogens is 289 g/mol. The number of ether oxygens (including phenoxy) is 1. The van der Waals surface area contributed by atoms with Crippen molar-refractivity contribution in [3.63, 3.8) is 0 Å². The van der Waals surface area contributed by atoms with E-state index >= 15 is 0 Å². The molecule has 0 amide bonds. The number of carbonyl (C=O) groups excluding carboxylic acids is 1. The molecule has 1 atom stereocenters. The summed E-state index contributed by atoms with van der Waals surface area (Å²) in [5.41, 5.74) is 6.78. The Bertz CT molecular complexity index is 610. The summed E-state index contributed by atoms with van der Waals surface area (Å²) < 4.78 is 9.90. The molecule has 1 aromatic carbocycles. The van der Waals surface area contributed by atoms with Crippen LogP contribution in [-0.4, -0.2) is 13.1 Å². The first-order valence-electron chi connectivity index (χ1n) is 5.41. The van der Waals surface area contributed by atoms with Gasteiger partial charge in [0.2, 0.25) is 5.76 Å². The summed E-state index contributed by atoms with van der Waals surface area (Å²) in [5.74, 6) is -0.000567. The number of rotatable bonds is 3. The van der Waals surface area contributed by atoms with Gasteiger partial charge in [0, 0.05) is 0 Å². The van der Waals surface area contributed by atoms with E-state index in [1.54, 1.807) is 24.3 Å². The van der Waals surface area contributed by atoms with Gasteiger partial charge in [0.25, 0.3) is 0 Å². The number of hydrogen-bond donors (Lipinski definition) is 1. The lowest BCUT2D eigenvalue weighted by Gasteiger charge is -2.10. The zero-order valence-electron chi connectivity index (χ0n) is 10.0. The molecule has 0 aliphatic heterocycles. The molecule has 1 aromatic heterocycles. The zero-order chi connectivity index (χ0) is 14.0. The van der Waals surface area contributed by atoms with Gasteiger partial charge in [0.15, 0.2) is 0 Å². The predicted octanol–water partition coefficient (Wildman–Crippen LogP) is 3.42. The quantitative estimate of drug-likeness (QED) is 0.882. The van der Waals surface area contributed by atoms with E-state index in [1.807, 2.05) is 0 Å². The third kappa shape index (κ3) is 2.92. The van der Waals surface area contributed by atoms with Gasteiger partial charge in [0.05, 0.1) is 23.2 Å². The third-order valence-corrected chi connectivity index (χ3v) is 3.36. The number of carbonyl (C=O) groups is 1. The molecule has 1 unspecified atom stereocenters. The van der Waals surface area contributed by atoms with Crippen LogP contribution in [0.3, 0.4) is 0 Å². The number of halogens is 2. The van der Waals surface area contributed by atoms with Crippen LogP contribution in [0.15, 0.2) is 34.7 Å². The Balaban J connectivity index is 2.28. The van der Waals surface area contributed by atoms with Crippen LogP contribution in [0.2, 0.25) is 10.0 Å². The highest BCUT2D eigenvalue weighted by molar-refractivity contribution is 6.42. The highest BCUT2D eigenvalue weighted by Gasteiger charge is 2.17.